The third-order valence-electron chi connectivity index (χ3n) is 7.90. The summed E-state index contributed by atoms with van der Waals surface area (Å²) < 4.78 is 16.4. The zero-order valence-corrected chi connectivity index (χ0v) is 30.1. The van der Waals surface area contributed by atoms with Crippen LogP contribution < -0.4 is 30.2 Å². The van der Waals surface area contributed by atoms with Crippen LogP contribution in [0.15, 0.2) is 126 Å². The van der Waals surface area contributed by atoms with Gasteiger partial charge >= 0.3 is 0 Å². The Morgan fingerprint density at radius 1 is 0.774 bits per heavy atom. The summed E-state index contributed by atoms with van der Waals surface area (Å²) in [7, 11) is 4.43. The number of nitrogens with one attached hydrogen (secondary N) is 3. The summed E-state index contributed by atoms with van der Waals surface area (Å²) in [5.41, 5.74) is 2.71. The van der Waals surface area contributed by atoms with Gasteiger partial charge in [-0.25, -0.2) is 0 Å². The number of hydrogen-bond acceptors (Lipinski definition) is 9. The Labute approximate surface area is 310 Å². The standard InChI is InChI=1S/C40H36N4O8S/c1-25-18-19-30(44(48)49)24-32(25)42-40(47)37(27-12-7-5-8-13-27)53-31-17-11-16-29(23-31)41-39(46)33(43-38(45)28-14-9-6-10-15-28)20-26-21-34(50-2)36(52-4)35(22-26)51-3/h5-24,37H,1-4H3,(H,41,46)(H,42,47)(H,43,45)/b33-20+. The Morgan fingerprint density at radius 2 is 1.43 bits per heavy atom. The van der Waals surface area contributed by atoms with Crippen molar-refractivity contribution in [3.8, 4) is 17.2 Å². The van der Waals surface area contributed by atoms with Gasteiger partial charge in [0.15, 0.2) is 11.5 Å². The fourth-order valence-corrected chi connectivity index (χ4v) is 6.32. The van der Waals surface area contributed by atoms with Crippen molar-refractivity contribution in [2.75, 3.05) is 32.0 Å². The van der Waals surface area contributed by atoms with Crippen molar-refractivity contribution in [3.63, 3.8) is 0 Å². The molecule has 0 bridgehead atoms. The number of benzene rings is 5. The topological polar surface area (TPSA) is 158 Å². The third-order valence-corrected chi connectivity index (χ3v) is 9.15. The van der Waals surface area contributed by atoms with Crippen molar-refractivity contribution in [1.82, 2.24) is 5.32 Å². The minimum Gasteiger partial charge on any atom is -0.493 e. The van der Waals surface area contributed by atoms with Crippen LogP contribution in [-0.4, -0.2) is 44.0 Å². The second kappa shape index (κ2) is 17.6. The molecule has 5 aromatic rings. The Balaban J connectivity index is 1.44. The lowest BCUT2D eigenvalue weighted by atomic mass is 10.1. The minimum absolute atomic E-state index is 0.0694. The van der Waals surface area contributed by atoms with Crippen LogP contribution in [0.3, 0.4) is 0 Å². The Kier molecular flexibility index (Phi) is 12.5. The number of methoxy groups -OCH3 is 3. The van der Waals surface area contributed by atoms with E-state index in [1.54, 1.807) is 79.7 Å². The molecule has 1 unspecified atom stereocenters. The van der Waals surface area contributed by atoms with Crippen LogP contribution in [0.1, 0.15) is 32.3 Å². The molecule has 0 saturated carbocycles. The van der Waals surface area contributed by atoms with E-state index in [1.807, 2.05) is 30.3 Å². The van der Waals surface area contributed by atoms with Gasteiger partial charge in [-0.3, -0.25) is 24.5 Å². The van der Waals surface area contributed by atoms with E-state index in [4.69, 9.17) is 14.2 Å². The molecule has 53 heavy (non-hydrogen) atoms. The highest BCUT2D eigenvalue weighted by molar-refractivity contribution is 8.00. The van der Waals surface area contributed by atoms with E-state index in [-0.39, 0.29) is 11.4 Å². The number of aryl methyl sites for hydroxylation is 1. The second-order valence-corrected chi connectivity index (χ2v) is 12.7. The van der Waals surface area contributed by atoms with Gasteiger partial charge in [0.1, 0.15) is 10.9 Å². The summed E-state index contributed by atoms with van der Waals surface area (Å²) in [5.74, 6) is -0.436. The summed E-state index contributed by atoms with van der Waals surface area (Å²) in [5, 5.41) is 19.1. The van der Waals surface area contributed by atoms with E-state index >= 15 is 0 Å². The van der Waals surface area contributed by atoms with E-state index in [1.165, 1.54) is 51.3 Å². The summed E-state index contributed by atoms with van der Waals surface area (Å²) in [6.07, 6.45) is 1.49. The lowest BCUT2D eigenvalue weighted by molar-refractivity contribution is -0.384. The molecule has 0 spiro atoms. The predicted octanol–water partition coefficient (Wildman–Crippen LogP) is 7.81. The second-order valence-electron chi connectivity index (χ2n) is 11.5. The lowest BCUT2D eigenvalue weighted by Gasteiger charge is -2.18. The number of carbonyl (C=O) groups is 3. The maximum absolute atomic E-state index is 13.9. The van der Waals surface area contributed by atoms with Crippen LogP contribution in [0.4, 0.5) is 17.1 Å². The van der Waals surface area contributed by atoms with E-state index in [0.717, 1.165) is 0 Å². The monoisotopic (exact) mass is 732 g/mol. The first kappa shape index (κ1) is 37.7. The molecule has 12 nitrogen and oxygen atoms in total. The van der Waals surface area contributed by atoms with Gasteiger partial charge < -0.3 is 30.2 Å². The molecule has 13 heteroatoms. The Hall–Kier alpha value is -6.60. The van der Waals surface area contributed by atoms with Crippen molar-refractivity contribution in [1.29, 1.82) is 0 Å². The van der Waals surface area contributed by atoms with Gasteiger partial charge in [0.25, 0.3) is 17.5 Å². The minimum atomic E-state index is -0.763. The molecule has 0 fully saturated rings. The molecule has 5 rings (SSSR count). The van der Waals surface area contributed by atoms with E-state index in [9.17, 15) is 24.5 Å². The highest BCUT2D eigenvalue weighted by Gasteiger charge is 2.24. The highest BCUT2D eigenvalue weighted by Crippen LogP contribution is 2.39. The average molecular weight is 733 g/mol. The van der Waals surface area contributed by atoms with E-state index < -0.39 is 27.9 Å². The quantitative estimate of drug-likeness (QED) is 0.0448. The summed E-state index contributed by atoms with van der Waals surface area (Å²) >= 11 is 1.24. The van der Waals surface area contributed by atoms with Crippen LogP contribution >= 0.6 is 11.8 Å². The zero-order chi connectivity index (χ0) is 37.9. The summed E-state index contributed by atoms with van der Waals surface area (Å²) in [4.78, 5) is 52.5. The molecule has 0 radical (unpaired) electrons. The first-order chi connectivity index (χ1) is 25.6. The molecule has 3 amide bonds. The first-order valence-corrected chi connectivity index (χ1v) is 17.0. The van der Waals surface area contributed by atoms with Crippen LogP contribution in [0.25, 0.3) is 6.08 Å². The number of anilines is 2. The molecule has 0 saturated heterocycles. The fourth-order valence-electron chi connectivity index (χ4n) is 5.23. The number of nitro benzene ring substituents is 1. The van der Waals surface area contributed by atoms with Crippen molar-refractivity contribution in [3.05, 3.63) is 153 Å². The van der Waals surface area contributed by atoms with Crippen molar-refractivity contribution < 1.29 is 33.5 Å². The number of hydrogen-bond donors (Lipinski definition) is 3. The molecule has 0 aliphatic heterocycles. The van der Waals surface area contributed by atoms with Crippen LogP contribution in [0.2, 0.25) is 0 Å². The molecule has 0 aliphatic rings. The highest BCUT2D eigenvalue weighted by atomic mass is 32.2. The maximum atomic E-state index is 13.9. The molecule has 5 aromatic carbocycles. The van der Waals surface area contributed by atoms with Gasteiger partial charge in [0.05, 0.1) is 31.9 Å². The van der Waals surface area contributed by atoms with Crippen molar-refractivity contribution >= 4 is 52.6 Å². The lowest BCUT2D eigenvalue weighted by Crippen LogP contribution is -2.30. The number of rotatable bonds is 14. The van der Waals surface area contributed by atoms with Crippen LogP contribution in [0.5, 0.6) is 17.2 Å². The summed E-state index contributed by atoms with van der Waals surface area (Å²) in [6, 6.07) is 32.1. The van der Waals surface area contributed by atoms with Gasteiger partial charge in [0.2, 0.25) is 11.7 Å². The van der Waals surface area contributed by atoms with Crippen molar-refractivity contribution in [2.45, 2.75) is 17.1 Å². The fraction of sp³-hybridized carbons (Fsp3) is 0.125. The Bertz CT molecular complexity index is 2130. The molecule has 0 heterocycles. The number of carbonyl (C=O) groups excluding carboxylic acids is 3. The average Bonchev–Trinajstić information content (AvgIpc) is 3.17. The molecule has 270 valence electrons. The van der Waals surface area contributed by atoms with Gasteiger partial charge in [-0.2, -0.15) is 0 Å². The number of non-ortho nitro benzene ring substituents is 1. The maximum Gasteiger partial charge on any atom is 0.272 e. The number of nitro groups is 1. The smallest absolute Gasteiger partial charge is 0.272 e. The largest absolute Gasteiger partial charge is 0.493 e. The van der Waals surface area contributed by atoms with Gasteiger partial charge in [0, 0.05) is 28.3 Å². The number of ether oxygens (including phenoxy) is 3. The molecular weight excluding hydrogens is 697 g/mol. The van der Waals surface area contributed by atoms with Gasteiger partial charge in [-0.1, -0.05) is 60.7 Å². The van der Waals surface area contributed by atoms with Crippen molar-refractivity contribution in [2.24, 2.45) is 0 Å². The van der Waals surface area contributed by atoms with Gasteiger partial charge in [-0.15, -0.1) is 11.8 Å². The van der Waals surface area contributed by atoms with Crippen LogP contribution in [0, 0.1) is 17.0 Å². The molecule has 0 aliphatic carbocycles. The Morgan fingerprint density at radius 3 is 2.06 bits per heavy atom. The van der Waals surface area contributed by atoms with Gasteiger partial charge in [-0.05, 0) is 72.2 Å². The molecule has 1 atom stereocenters. The molecule has 3 N–H and O–H groups in total. The number of nitrogens with zero attached hydrogens (tertiary/aromatic N) is 1. The first-order valence-electron chi connectivity index (χ1n) is 16.2. The third kappa shape index (κ3) is 9.60. The molecular formula is C40H36N4O8S. The normalized spacial score (nSPS) is 11.5. The molecule has 0 aromatic heterocycles. The zero-order valence-electron chi connectivity index (χ0n) is 29.2. The summed E-state index contributed by atoms with van der Waals surface area (Å²) in [6.45, 7) is 1.75. The predicted molar refractivity (Wildman–Crippen MR) is 205 cm³/mol. The van der Waals surface area contributed by atoms with E-state index in [0.29, 0.717) is 55.8 Å². The number of amides is 3. The van der Waals surface area contributed by atoms with Crippen LogP contribution in [-0.2, 0) is 9.59 Å². The number of thioether (sulfide) groups is 1. The van der Waals surface area contributed by atoms with E-state index in [2.05, 4.69) is 16.0 Å². The SMILES string of the molecule is COc1cc(/C=C(/NC(=O)c2ccccc2)C(=O)Nc2cccc(SC(C(=O)Nc3cc([N+](=O)[O-])ccc3C)c3ccccc3)c2)cc(OC)c1OC.